The van der Waals surface area contributed by atoms with E-state index >= 15 is 0 Å². The molecule has 3 heterocycles. The summed E-state index contributed by atoms with van der Waals surface area (Å²) in [7, 11) is 0. The molecule has 138 valence electrons. The van der Waals surface area contributed by atoms with Crippen LogP contribution in [0.2, 0.25) is 0 Å². The van der Waals surface area contributed by atoms with Crippen LogP contribution in [0.15, 0.2) is 66.9 Å². The van der Waals surface area contributed by atoms with Crippen molar-refractivity contribution in [2.45, 2.75) is 13.2 Å². The van der Waals surface area contributed by atoms with Crippen LogP contribution in [-0.2, 0) is 18.0 Å². The molecule has 2 N–H and O–H groups in total. The van der Waals surface area contributed by atoms with E-state index in [0.29, 0.717) is 30.5 Å². The average Bonchev–Trinajstić information content (AvgIpc) is 3.08. The summed E-state index contributed by atoms with van der Waals surface area (Å²) in [6.45, 7) is 0.856. The van der Waals surface area contributed by atoms with E-state index in [2.05, 4.69) is 15.3 Å². The second-order valence-electron chi connectivity index (χ2n) is 6.60. The first-order chi connectivity index (χ1) is 13.8. The van der Waals surface area contributed by atoms with Crippen LogP contribution in [0.1, 0.15) is 11.4 Å². The number of nitrogens with zero attached hydrogens (tertiary/aromatic N) is 2. The zero-order valence-corrected chi connectivity index (χ0v) is 14.9. The Labute approximate surface area is 161 Å². The SMILES string of the molecule is Fc1ccc2c(c1)Nc1ncccc1-c1nc(COCc3ccccc3)[nH]c1-2. The maximum Gasteiger partial charge on any atom is 0.139 e. The number of nitrogens with one attached hydrogen (secondary N) is 2. The molecule has 1 aliphatic rings. The molecule has 0 fully saturated rings. The summed E-state index contributed by atoms with van der Waals surface area (Å²) in [6.07, 6.45) is 1.70. The van der Waals surface area contributed by atoms with Crippen molar-refractivity contribution >= 4 is 11.5 Å². The van der Waals surface area contributed by atoms with Gasteiger partial charge in [0.05, 0.1) is 18.0 Å². The first-order valence-electron chi connectivity index (χ1n) is 9.01. The molecule has 5 rings (SSSR count). The van der Waals surface area contributed by atoms with Gasteiger partial charge in [-0.15, -0.1) is 0 Å². The van der Waals surface area contributed by atoms with Crippen molar-refractivity contribution in [1.82, 2.24) is 15.0 Å². The van der Waals surface area contributed by atoms with Gasteiger partial charge in [0.1, 0.15) is 29.8 Å². The number of benzene rings is 2. The highest BCUT2D eigenvalue weighted by molar-refractivity contribution is 5.94. The Morgan fingerprint density at radius 2 is 1.82 bits per heavy atom. The van der Waals surface area contributed by atoms with E-state index in [9.17, 15) is 4.39 Å². The first-order valence-corrected chi connectivity index (χ1v) is 9.01. The van der Waals surface area contributed by atoms with Gasteiger partial charge >= 0.3 is 0 Å². The lowest BCUT2D eigenvalue weighted by molar-refractivity contribution is 0.102. The molecule has 0 spiro atoms. The smallest absolute Gasteiger partial charge is 0.139 e. The number of ether oxygens (including phenoxy) is 1. The average molecular weight is 372 g/mol. The topological polar surface area (TPSA) is 62.8 Å². The molecule has 0 saturated heterocycles. The summed E-state index contributed by atoms with van der Waals surface area (Å²) < 4.78 is 19.6. The number of pyridine rings is 1. The van der Waals surface area contributed by atoms with Crippen molar-refractivity contribution < 1.29 is 9.13 Å². The molecule has 28 heavy (non-hydrogen) atoms. The molecule has 1 aliphatic heterocycles. The predicted octanol–water partition coefficient (Wildman–Crippen LogP) is 5.05. The van der Waals surface area contributed by atoms with Crippen LogP contribution >= 0.6 is 0 Å². The molecule has 0 amide bonds. The second kappa shape index (κ2) is 6.90. The second-order valence-corrected chi connectivity index (χ2v) is 6.60. The summed E-state index contributed by atoms with van der Waals surface area (Å²) in [5.74, 6) is 1.06. The molecule has 5 nitrogen and oxygen atoms in total. The van der Waals surface area contributed by atoms with E-state index in [1.54, 1.807) is 12.3 Å². The largest absolute Gasteiger partial charge is 0.369 e. The number of fused-ring (bicyclic) bond motifs is 5. The number of halogens is 1. The Hall–Kier alpha value is -3.51. The summed E-state index contributed by atoms with van der Waals surface area (Å²) in [4.78, 5) is 12.5. The van der Waals surface area contributed by atoms with Gasteiger partial charge in [0.2, 0.25) is 0 Å². The molecule has 0 aliphatic carbocycles. The fraction of sp³-hybridized carbons (Fsp3) is 0.0909. The number of hydrogen-bond donors (Lipinski definition) is 2. The van der Waals surface area contributed by atoms with E-state index in [1.165, 1.54) is 12.1 Å². The van der Waals surface area contributed by atoms with Gasteiger partial charge in [-0.25, -0.2) is 14.4 Å². The van der Waals surface area contributed by atoms with E-state index in [1.807, 2.05) is 42.5 Å². The summed E-state index contributed by atoms with van der Waals surface area (Å²) in [5, 5.41) is 3.22. The molecule has 0 unspecified atom stereocenters. The third-order valence-electron chi connectivity index (χ3n) is 4.67. The number of hydrogen-bond acceptors (Lipinski definition) is 4. The fourth-order valence-electron chi connectivity index (χ4n) is 3.38. The van der Waals surface area contributed by atoms with Gasteiger partial charge in [0, 0.05) is 17.3 Å². The predicted molar refractivity (Wildman–Crippen MR) is 105 cm³/mol. The van der Waals surface area contributed by atoms with Crippen LogP contribution in [-0.4, -0.2) is 15.0 Å². The molecule has 0 saturated carbocycles. The molecule has 2 aromatic carbocycles. The number of aromatic nitrogens is 3. The monoisotopic (exact) mass is 372 g/mol. The highest BCUT2D eigenvalue weighted by Crippen LogP contribution is 2.42. The standard InChI is InChI=1S/C22H17FN4O/c23-15-8-9-16-18(11-15)25-22-17(7-4-10-24-22)21-20(16)26-19(27-21)13-28-12-14-5-2-1-3-6-14/h1-11H,12-13H2,(H,24,25)(H,26,27). The minimum atomic E-state index is -0.307. The van der Waals surface area contributed by atoms with Crippen molar-refractivity contribution in [1.29, 1.82) is 0 Å². The maximum absolute atomic E-state index is 13.8. The van der Waals surface area contributed by atoms with Gasteiger partial charge in [-0.05, 0) is 35.9 Å². The fourth-order valence-corrected chi connectivity index (χ4v) is 3.38. The number of anilines is 2. The Balaban J connectivity index is 1.50. The van der Waals surface area contributed by atoms with Crippen LogP contribution in [0.3, 0.4) is 0 Å². The van der Waals surface area contributed by atoms with Crippen molar-refractivity contribution in [2.24, 2.45) is 0 Å². The quantitative estimate of drug-likeness (QED) is 0.463. The Morgan fingerprint density at radius 1 is 0.929 bits per heavy atom. The molecule has 0 radical (unpaired) electrons. The van der Waals surface area contributed by atoms with Crippen LogP contribution in [0.25, 0.3) is 22.5 Å². The third kappa shape index (κ3) is 3.04. The van der Waals surface area contributed by atoms with Gasteiger partial charge in [0.25, 0.3) is 0 Å². The minimum absolute atomic E-state index is 0.307. The van der Waals surface area contributed by atoms with E-state index in [4.69, 9.17) is 9.72 Å². The van der Waals surface area contributed by atoms with Crippen molar-refractivity contribution in [3.8, 4) is 22.5 Å². The summed E-state index contributed by atoms with van der Waals surface area (Å²) in [5.41, 5.74) is 5.07. The van der Waals surface area contributed by atoms with Gasteiger partial charge in [-0.1, -0.05) is 30.3 Å². The van der Waals surface area contributed by atoms with Crippen LogP contribution in [0.4, 0.5) is 15.9 Å². The highest BCUT2D eigenvalue weighted by Gasteiger charge is 2.23. The lowest BCUT2D eigenvalue weighted by Crippen LogP contribution is -1.98. The van der Waals surface area contributed by atoms with Gasteiger partial charge in [-0.3, -0.25) is 0 Å². The molecule has 0 bridgehead atoms. The van der Waals surface area contributed by atoms with Crippen molar-refractivity contribution in [2.75, 3.05) is 5.32 Å². The zero-order valence-electron chi connectivity index (χ0n) is 14.9. The lowest BCUT2D eigenvalue weighted by Gasteiger charge is -2.09. The Bertz CT molecular complexity index is 1140. The van der Waals surface area contributed by atoms with Gasteiger partial charge < -0.3 is 15.0 Å². The van der Waals surface area contributed by atoms with E-state index in [-0.39, 0.29) is 5.82 Å². The summed E-state index contributed by atoms with van der Waals surface area (Å²) in [6, 6.07) is 18.5. The number of aromatic amines is 1. The van der Waals surface area contributed by atoms with Crippen molar-refractivity contribution in [3.05, 3.63) is 84.1 Å². The van der Waals surface area contributed by atoms with Crippen molar-refractivity contribution in [3.63, 3.8) is 0 Å². The Morgan fingerprint density at radius 3 is 2.71 bits per heavy atom. The van der Waals surface area contributed by atoms with Crippen LogP contribution < -0.4 is 5.32 Å². The highest BCUT2D eigenvalue weighted by atomic mass is 19.1. The molecule has 0 atom stereocenters. The minimum Gasteiger partial charge on any atom is -0.369 e. The zero-order chi connectivity index (χ0) is 18.9. The third-order valence-corrected chi connectivity index (χ3v) is 4.67. The van der Waals surface area contributed by atoms with E-state index in [0.717, 1.165) is 28.1 Å². The first kappa shape index (κ1) is 16.6. The number of rotatable bonds is 4. The number of H-pyrrole nitrogens is 1. The molecule has 6 heteroatoms. The normalized spacial score (nSPS) is 11.8. The molecule has 2 aromatic heterocycles. The van der Waals surface area contributed by atoms with Gasteiger partial charge in [-0.2, -0.15) is 0 Å². The molecular formula is C22H17FN4O. The molecule has 4 aromatic rings. The molecular weight excluding hydrogens is 355 g/mol. The lowest BCUT2D eigenvalue weighted by atomic mass is 10.1. The van der Waals surface area contributed by atoms with Gasteiger partial charge in [0.15, 0.2) is 0 Å². The Kier molecular flexibility index (Phi) is 4.10. The maximum atomic E-state index is 13.8. The number of imidazole rings is 1. The summed E-state index contributed by atoms with van der Waals surface area (Å²) >= 11 is 0. The van der Waals surface area contributed by atoms with Crippen LogP contribution in [0.5, 0.6) is 0 Å². The van der Waals surface area contributed by atoms with E-state index < -0.39 is 0 Å². The van der Waals surface area contributed by atoms with Crippen LogP contribution in [0, 0.1) is 5.82 Å².